The first-order valence-electron chi connectivity index (χ1n) is 9.77. The minimum absolute atomic E-state index is 0.568. The summed E-state index contributed by atoms with van der Waals surface area (Å²) in [5.74, 6) is 2.22. The maximum absolute atomic E-state index is 5.76. The number of ether oxygens (including phenoxy) is 2. The topological polar surface area (TPSA) is 56.3 Å². The molecule has 5 nitrogen and oxygen atoms in total. The first-order valence-corrected chi connectivity index (χ1v) is 11.4. The van der Waals surface area contributed by atoms with Crippen molar-refractivity contribution >= 4 is 49.0 Å². The van der Waals surface area contributed by atoms with E-state index in [2.05, 4.69) is 62.4 Å². The summed E-state index contributed by atoms with van der Waals surface area (Å²) >= 11 is 5.19. The summed E-state index contributed by atoms with van der Waals surface area (Å²) in [6.07, 6.45) is 1.60. The van der Waals surface area contributed by atoms with Gasteiger partial charge in [-0.3, -0.25) is 0 Å². The monoisotopic (exact) mass is 483 g/mol. The molecule has 0 saturated carbocycles. The molecule has 0 fully saturated rings. The molecule has 1 N–H and O–H groups in total. The molecule has 2 aromatic heterocycles. The van der Waals surface area contributed by atoms with Crippen LogP contribution >= 0.6 is 27.3 Å². The van der Waals surface area contributed by atoms with Crippen LogP contribution in [-0.2, 0) is 0 Å². The number of aryl methyl sites for hydroxylation is 1. The highest BCUT2D eigenvalue weighted by Crippen LogP contribution is 2.41. The third kappa shape index (κ3) is 4.13. The van der Waals surface area contributed by atoms with Gasteiger partial charge in [0.15, 0.2) is 11.5 Å². The van der Waals surface area contributed by atoms with Crippen LogP contribution in [0.5, 0.6) is 11.5 Å². The van der Waals surface area contributed by atoms with Crippen molar-refractivity contribution in [2.45, 2.75) is 20.8 Å². The number of nitrogens with zero attached hydrogens (tertiary/aromatic N) is 2. The summed E-state index contributed by atoms with van der Waals surface area (Å²) in [5.41, 5.74) is 3.18. The summed E-state index contributed by atoms with van der Waals surface area (Å²) in [4.78, 5) is 11.2. The lowest BCUT2D eigenvalue weighted by atomic mass is 10.0. The van der Waals surface area contributed by atoms with Crippen molar-refractivity contribution < 1.29 is 9.47 Å². The lowest BCUT2D eigenvalue weighted by Crippen LogP contribution is -2.00. The Morgan fingerprint density at radius 3 is 2.43 bits per heavy atom. The quantitative estimate of drug-likeness (QED) is 0.307. The minimum atomic E-state index is 0.568. The van der Waals surface area contributed by atoms with Crippen LogP contribution in [0.4, 0.5) is 11.5 Å². The van der Waals surface area contributed by atoms with E-state index in [4.69, 9.17) is 9.47 Å². The fraction of sp³-hybridized carbons (Fsp3) is 0.217. The largest absolute Gasteiger partial charge is 0.490 e. The van der Waals surface area contributed by atoms with Crippen LogP contribution in [0.25, 0.3) is 21.3 Å². The van der Waals surface area contributed by atoms with Gasteiger partial charge in [0.2, 0.25) is 0 Å². The lowest BCUT2D eigenvalue weighted by molar-refractivity contribution is 0.288. The van der Waals surface area contributed by atoms with E-state index in [9.17, 15) is 0 Å². The van der Waals surface area contributed by atoms with E-state index in [1.54, 1.807) is 17.7 Å². The number of benzene rings is 2. The van der Waals surface area contributed by atoms with Gasteiger partial charge in [0.1, 0.15) is 17.0 Å². The number of aromatic nitrogens is 2. The second-order valence-electron chi connectivity index (χ2n) is 6.60. The van der Waals surface area contributed by atoms with Crippen molar-refractivity contribution in [2.75, 3.05) is 18.5 Å². The Balaban J connectivity index is 1.78. The standard InChI is InChI=1S/C23H22BrN3O2S/c1-4-28-18-11-10-17(12-19(18)29-5-2)27-22-21-20(15-6-8-16(24)9-7-15)14(3)30-23(21)26-13-25-22/h6-13H,4-5H2,1-3H3,(H,25,26,27). The first-order chi connectivity index (χ1) is 14.6. The molecule has 2 heterocycles. The smallest absolute Gasteiger partial charge is 0.163 e. The number of hydrogen-bond donors (Lipinski definition) is 1. The number of nitrogens with one attached hydrogen (secondary N) is 1. The molecule has 2 aromatic carbocycles. The van der Waals surface area contributed by atoms with Gasteiger partial charge in [0, 0.05) is 26.7 Å². The predicted octanol–water partition coefficient (Wildman–Crippen LogP) is 6.97. The molecule has 7 heteroatoms. The molecule has 154 valence electrons. The first kappa shape index (κ1) is 20.6. The molecular weight excluding hydrogens is 462 g/mol. The van der Waals surface area contributed by atoms with Gasteiger partial charge in [-0.15, -0.1) is 11.3 Å². The van der Waals surface area contributed by atoms with Crippen LogP contribution in [0.15, 0.2) is 53.3 Å². The minimum Gasteiger partial charge on any atom is -0.490 e. The molecule has 0 aliphatic carbocycles. The molecule has 4 rings (SSSR count). The van der Waals surface area contributed by atoms with E-state index in [0.717, 1.165) is 43.1 Å². The van der Waals surface area contributed by atoms with Crippen molar-refractivity contribution in [1.82, 2.24) is 9.97 Å². The van der Waals surface area contributed by atoms with Gasteiger partial charge < -0.3 is 14.8 Å². The van der Waals surface area contributed by atoms with Crippen molar-refractivity contribution in [1.29, 1.82) is 0 Å². The molecule has 0 atom stereocenters. The zero-order valence-electron chi connectivity index (χ0n) is 17.0. The van der Waals surface area contributed by atoms with Crippen molar-refractivity contribution in [3.8, 4) is 22.6 Å². The van der Waals surface area contributed by atoms with E-state index < -0.39 is 0 Å². The Morgan fingerprint density at radius 1 is 0.967 bits per heavy atom. The molecular formula is C23H22BrN3O2S. The number of thiophene rings is 1. The van der Waals surface area contributed by atoms with Gasteiger partial charge in [0.25, 0.3) is 0 Å². The molecule has 0 spiro atoms. The van der Waals surface area contributed by atoms with Crippen LogP contribution in [0, 0.1) is 6.92 Å². The molecule has 0 saturated heterocycles. The van der Waals surface area contributed by atoms with Crippen LogP contribution < -0.4 is 14.8 Å². The van der Waals surface area contributed by atoms with Crippen LogP contribution in [0.3, 0.4) is 0 Å². The van der Waals surface area contributed by atoms with Gasteiger partial charge >= 0.3 is 0 Å². The maximum atomic E-state index is 5.76. The predicted molar refractivity (Wildman–Crippen MR) is 127 cm³/mol. The molecule has 0 radical (unpaired) electrons. The van der Waals surface area contributed by atoms with Crippen LogP contribution in [-0.4, -0.2) is 23.2 Å². The van der Waals surface area contributed by atoms with E-state index in [1.165, 1.54) is 4.88 Å². The molecule has 0 amide bonds. The normalized spacial score (nSPS) is 10.9. The van der Waals surface area contributed by atoms with Gasteiger partial charge in [-0.05, 0) is 50.6 Å². The second-order valence-corrected chi connectivity index (χ2v) is 8.71. The Morgan fingerprint density at radius 2 is 1.70 bits per heavy atom. The van der Waals surface area contributed by atoms with Crippen LogP contribution in [0.2, 0.25) is 0 Å². The van der Waals surface area contributed by atoms with Gasteiger partial charge in [-0.1, -0.05) is 28.1 Å². The Kier molecular flexibility index (Phi) is 6.20. The molecule has 0 bridgehead atoms. The summed E-state index contributed by atoms with van der Waals surface area (Å²) in [5, 5.41) is 4.48. The summed E-state index contributed by atoms with van der Waals surface area (Å²) in [6.45, 7) is 7.20. The van der Waals surface area contributed by atoms with Gasteiger partial charge in [-0.25, -0.2) is 9.97 Å². The third-order valence-electron chi connectivity index (χ3n) is 4.60. The molecule has 0 unspecified atom stereocenters. The number of halogens is 1. The van der Waals surface area contributed by atoms with Crippen LogP contribution in [0.1, 0.15) is 18.7 Å². The Hall–Kier alpha value is -2.64. The highest BCUT2D eigenvalue weighted by molar-refractivity contribution is 9.10. The van der Waals surface area contributed by atoms with Crippen molar-refractivity contribution in [2.24, 2.45) is 0 Å². The summed E-state index contributed by atoms with van der Waals surface area (Å²) < 4.78 is 12.5. The Bertz CT molecular complexity index is 1180. The average Bonchev–Trinajstić information content (AvgIpc) is 3.08. The third-order valence-corrected chi connectivity index (χ3v) is 6.15. The number of hydrogen-bond acceptors (Lipinski definition) is 6. The second kappa shape index (κ2) is 9.02. The molecule has 0 aliphatic heterocycles. The molecule has 30 heavy (non-hydrogen) atoms. The van der Waals surface area contributed by atoms with E-state index in [0.29, 0.717) is 19.0 Å². The zero-order valence-corrected chi connectivity index (χ0v) is 19.4. The van der Waals surface area contributed by atoms with Crippen molar-refractivity contribution in [3.05, 3.63) is 58.1 Å². The maximum Gasteiger partial charge on any atom is 0.163 e. The van der Waals surface area contributed by atoms with E-state index >= 15 is 0 Å². The number of fused-ring (bicyclic) bond motifs is 1. The van der Waals surface area contributed by atoms with Gasteiger partial charge in [-0.2, -0.15) is 0 Å². The van der Waals surface area contributed by atoms with Crippen molar-refractivity contribution in [3.63, 3.8) is 0 Å². The fourth-order valence-electron chi connectivity index (χ4n) is 3.37. The summed E-state index contributed by atoms with van der Waals surface area (Å²) in [6, 6.07) is 14.2. The van der Waals surface area contributed by atoms with Gasteiger partial charge in [0.05, 0.1) is 18.6 Å². The Labute approximate surface area is 188 Å². The van der Waals surface area contributed by atoms with E-state index in [-0.39, 0.29) is 0 Å². The lowest BCUT2D eigenvalue weighted by Gasteiger charge is -2.14. The highest BCUT2D eigenvalue weighted by atomic mass is 79.9. The SMILES string of the molecule is CCOc1ccc(Nc2ncnc3sc(C)c(-c4ccc(Br)cc4)c23)cc1OCC. The summed E-state index contributed by atoms with van der Waals surface area (Å²) in [7, 11) is 0. The average molecular weight is 484 g/mol. The molecule has 4 aromatic rings. The number of anilines is 2. The number of rotatable bonds is 7. The fourth-order valence-corrected chi connectivity index (χ4v) is 4.65. The zero-order chi connectivity index (χ0) is 21.1. The molecule has 0 aliphatic rings. The van der Waals surface area contributed by atoms with E-state index in [1.807, 2.05) is 32.0 Å². The highest BCUT2D eigenvalue weighted by Gasteiger charge is 2.17.